The van der Waals surface area contributed by atoms with Crippen molar-refractivity contribution >= 4 is 21.6 Å². The highest BCUT2D eigenvalue weighted by Crippen LogP contribution is 2.25. The second-order valence-corrected chi connectivity index (χ2v) is 9.79. The Morgan fingerprint density at radius 2 is 1.58 bits per heavy atom. The van der Waals surface area contributed by atoms with E-state index < -0.39 is 10.0 Å². The van der Waals surface area contributed by atoms with Crippen LogP contribution in [0.25, 0.3) is 0 Å². The van der Waals surface area contributed by atoms with E-state index in [9.17, 15) is 13.2 Å². The van der Waals surface area contributed by atoms with Gasteiger partial charge in [-0.1, -0.05) is 54.1 Å². The van der Waals surface area contributed by atoms with Gasteiger partial charge in [0.05, 0.1) is 11.4 Å². The van der Waals surface area contributed by atoms with E-state index in [0.29, 0.717) is 25.2 Å². The topological polar surface area (TPSA) is 57.7 Å². The molecule has 1 fully saturated rings. The number of benzene rings is 3. The molecule has 1 saturated heterocycles. The van der Waals surface area contributed by atoms with E-state index in [4.69, 9.17) is 0 Å². The van der Waals surface area contributed by atoms with E-state index >= 15 is 0 Å². The van der Waals surface area contributed by atoms with Crippen LogP contribution < -0.4 is 4.90 Å². The van der Waals surface area contributed by atoms with Gasteiger partial charge in [0.25, 0.3) is 5.91 Å². The molecular formula is C25H26N2O3S. The van der Waals surface area contributed by atoms with Crippen LogP contribution in [0.2, 0.25) is 0 Å². The zero-order valence-corrected chi connectivity index (χ0v) is 18.4. The summed E-state index contributed by atoms with van der Waals surface area (Å²) in [5.41, 5.74) is 3.23. The van der Waals surface area contributed by atoms with Crippen LogP contribution >= 0.6 is 0 Å². The Morgan fingerprint density at radius 1 is 0.903 bits per heavy atom. The number of hydrogen-bond acceptors (Lipinski definition) is 3. The zero-order chi connectivity index (χ0) is 21.8. The van der Waals surface area contributed by atoms with Crippen molar-refractivity contribution in [1.82, 2.24) is 4.31 Å². The van der Waals surface area contributed by atoms with E-state index in [2.05, 4.69) is 0 Å². The molecule has 0 spiro atoms. The molecule has 0 aliphatic carbocycles. The largest absolute Gasteiger partial charge is 0.304 e. The van der Waals surface area contributed by atoms with Crippen molar-refractivity contribution in [2.75, 3.05) is 18.0 Å². The molecule has 3 aromatic rings. The Kier molecular flexibility index (Phi) is 6.20. The maximum atomic E-state index is 13.6. The Bertz CT molecular complexity index is 1150. The lowest BCUT2D eigenvalue weighted by molar-refractivity contribution is 0.0985. The first-order chi connectivity index (χ1) is 14.9. The molecule has 3 aromatic carbocycles. The summed E-state index contributed by atoms with van der Waals surface area (Å²) in [6.45, 7) is 3.46. The highest BCUT2D eigenvalue weighted by Gasteiger charge is 2.28. The van der Waals surface area contributed by atoms with Crippen molar-refractivity contribution in [3.05, 3.63) is 95.6 Å². The molecule has 0 saturated carbocycles. The quantitative estimate of drug-likeness (QED) is 0.569. The van der Waals surface area contributed by atoms with Gasteiger partial charge in [-0.3, -0.25) is 4.79 Å². The number of nitrogens with zero attached hydrogens (tertiary/aromatic N) is 2. The summed E-state index contributed by atoms with van der Waals surface area (Å²) in [7, 11) is -3.59. The predicted molar refractivity (Wildman–Crippen MR) is 123 cm³/mol. The van der Waals surface area contributed by atoms with Gasteiger partial charge in [-0.05, 0) is 55.7 Å². The fraction of sp³-hybridized carbons (Fsp3) is 0.240. The first-order valence-corrected chi connectivity index (χ1v) is 11.9. The smallest absolute Gasteiger partial charge is 0.258 e. The van der Waals surface area contributed by atoms with E-state index in [1.807, 2.05) is 61.5 Å². The van der Waals surface area contributed by atoms with Gasteiger partial charge in [0.15, 0.2) is 0 Å². The summed E-state index contributed by atoms with van der Waals surface area (Å²) < 4.78 is 27.5. The Morgan fingerprint density at radius 3 is 2.26 bits per heavy atom. The van der Waals surface area contributed by atoms with Crippen molar-refractivity contribution in [2.45, 2.75) is 31.2 Å². The van der Waals surface area contributed by atoms with Crippen molar-refractivity contribution in [2.24, 2.45) is 0 Å². The molecule has 0 bridgehead atoms. The molecule has 1 amide bonds. The normalized spacial score (nSPS) is 14.5. The fourth-order valence-electron chi connectivity index (χ4n) is 3.79. The van der Waals surface area contributed by atoms with Crippen LogP contribution in [0.4, 0.5) is 5.69 Å². The Hall–Kier alpha value is -2.96. The average Bonchev–Trinajstić information content (AvgIpc) is 3.35. The van der Waals surface area contributed by atoms with E-state index in [1.54, 1.807) is 23.1 Å². The van der Waals surface area contributed by atoms with Gasteiger partial charge in [-0.25, -0.2) is 8.42 Å². The molecular weight excluding hydrogens is 408 g/mol. The number of sulfonamides is 1. The van der Waals surface area contributed by atoms with Crippen LogP contribution in [-0.2, 0) is 16.6 Å². The predicted octanol–water partition coefficient (Wildman–Crippen LogP) is 4.63. The molecule has 5 nitrogen and oxygen atoms in total. The third-order valence-electron chi connectivity index (χ3n) is 5.56. The maximum Gasteiger partial charge on any atom is 0.258 e. The van der Waals surface area contributed by atoms with Gasteiger partial charge >= 0.3 is 0 Å². The van der Waals surface area contributed by atoms with Crippen molar-refractivity contribution in [1.29, 1.82) is 0 Å². The summed E-state index contributed by atoms with van der Waals surface area (Å²) in [5, 5.41) is 0. The molecule has 160 valence electrons. The van der Waals surface area contributed by atoms with Crippen molar-refractivity contribution in [3.8, 4) is 0 Å². The standard InChI is InChI=1S/C25H26N2O3S/c1-20-12-14-23(15-13-20)27(19-21-8-3-2-4-9-21)25(28)22-10-7-11-24(18-22)31(29,30)26-16-5-6-17-26/h2-4,7-15,18H,5-6,16-17,19H2,1H3. The highest BCUT2D eigenvalue weighted by atomic mass is 32.2. The lowest BCUT2D eigenvalue weighted by Crippen LogP contribution is -2.31. The average molecular weight is 435 g/mol. The fourth-order valence-corrected chi connectivity index (χ4v) is 5.36. The first kappa shape index (κ1) is 21.3. The highest BCUT2D eigenvalue weighted by molar-refractivity contribution is 7.89. The number of anilines is 1. The van der Waals surface area contributed by atoms with Gasteiger partial charge < -0.3 is 4.90 Å². The van der Waals surface area contributed by atoms with Gasteiger partial charge in [0.2, 0.25) is 10.0 Å². The van der Waals surface area contributed by atoms with Crippen LogP contribution in [0.3, 0.4) is 0 Å². The molecule has 0 radical (unpaired) electrons. The molecule has 4 rings (SSSR count). The van der Waals surface area contributed by atoms with Crippen molar-refractivity contribution < 1.29 is 13.2 Å². The summed E-state index contributed by atoms with van der Waals surface area (Å²) in [6.07, 6.45) is 1.74. The first-order valence-electron chi connectivity index (χ1n) is 10.5. The third kappa shape index (κ3) is 4.70. The summed E-state index contributed by atoms with van der Waals surface area (Å²) in [5.74, 6) is -0.230. The lowest BCUT2D eigenvalue weighted by atomic mass is 10.1. The minimum Gasteiger partial charge on any atom is -0.304 e. The minimum absolute atomic E-state index is 0.170. The van der Waals surface area contributed by atoms with Crippen LogP contribution in [0.1, 0.15) is 34.3 Å². The second kappa shape index (κ2) is 9.04. The van der Waals surface area contributed by atoms with Crippen LogP contribution in [0.5, 0.6) is 0 Å². The van der Waals surface area contributed by atoms with Crippen molar-refractivity contribution in [3.63, 3.8) is 0 Å². The molecule has 1 aliphatic rings. The van der Waals surface area contributed by atoms with Gasteiger partial charge in [0.1, 0.15) is 0 Å². The van der Waals surface area contributed by atoms with E-state index in [1.165, 1.54) is 10.4 Å². The van der Waals surface area contributed by atoms with Gasteiger partial charge in [-0.2, -0.15) is 4.31 Å². The van der Waals surface area contributed by atoms with E-state index in [0.717, 1.165) is 29.7 Å². The van der Waals surface area contributed by atoms with Crippen LogP contribution in [0.15, 0.2) is 83.8 Å². The minimum atomic E-state index is -3.59. The summed E-state index contributed by atoms with van der Waals surface area (Å²) >= 11 is 0. The second-order valence-electron chi connectivity index (χ2n) is 7.85. The molecule has 31 heavy (non-hydrogen) atoms. The molecule has 6 heteroatoms. The zero-order valence-electron chi connectivity index (χ0n) is 17.6. The number of rotatable bonds is 6. The maximum absolute atomic E-state index is 13.6. The number of aryl methyl sites for hydroxylation is 1. The Balaban J connectivity index is 1.69. The third-order valence-corrected chi connectivity index (χ3v) is 7.45. The molecule has 0 N–H and O–H groups in total. The van der Waals surface area contributed by atoms with E-state index in [-0.39, 0.29) is 10.8 Å². The van der Waals surface area contributed by atoms with Gasteiger partial charge in [-0.15, -0.1) is 0 Å². The molecule has 1 heterocycles. The number of carbonyl (C=O) groups is 1. The molecule has 0 unspecified atom stereocenters. The summed E-state index contributed by atoms with van der Waals surface area (Å²) in [6, 6.07) is 23.9. The van der Waals surface area contributed by atoms with Crippen LogP contribution in [-0.4, -0.2) is 31.7 Å². The van der Waals surface area contributed by atoms with Crippen LogP contribution in [0, 0.1) is 6.92 Å². The number of amides is 1. The number of carbonyl (C=O) groups excluding carboxylic acids is 1. The Labute approximate surface area is 184 Å². The lowest BCUT2D eigenvalue weighted by Gasteiger charge is -2.24. The molecule has 1 aliphatic heterocycles. The summed E-state index contributed by atoms with van der Waals surface area (Å²) in [4.78, 5) is 15.4. The number of hydrogen-bond donors (Lipinski definition) is 0. The SMILES string of the molecule is Cc1ccc(N(Cc2ccccc2)C(=O)c2cccc(S(=O)(=O)N3CCCC3)c2)cc1. The monoisotopic (exact) mass is 434 g/mol. The van der Waals surface area contributed by atoms with Gasteiger partial charge in [0, 0.05) is 24.3 Å². The molecule has 0 atom stereocenters. The molecule has 0 aromatic heterocycles.